The number of esters is 1. The molecule has 0 aliphatic rings. The van der Waals surface area contributed by atoms with Crippen LogP contribution >= 0.6 is 0 Å². The van der Waals surface area contributed by atoms with Gasteiger partial charge < -0.3 is 15.6 Å². The van der Waals surface area contributed by atoms with Crippen molar-refractivity contribution in [3.05, 3.63) is 35.4 Å². The van der Waals surface area contributed by atoms with E-state index in [0.29, 0.717) is 5.56 Å². The molecule has 0 radical (unpaired) electrons. The summed E-state index contributed by atoms with van der Waals surface area (Å²) in [5.41, 5.74) is 6.64. The molecule has 0 saturated carbocycles. The summed E-state index contributed by atoms with van der Waals surface area (Å²) in [4.78, 5) is 21.6. The van der Waals surface area contributed by atoms with Crippen molar-refractivity contribution in [2.75, 3.05) is 7.11 Å². The number of ether oxygens (including phenoxy) is 1. The number of hydrogen-bond donors (Lipinski definition) is 2. The van der Waals surface area contributed by atoms with E-state index in [1.165, 1.54) is 19.2 Å². The zero-order chi connectivity index (χ0) is 12.1. The Hall–Kier alpha value is -1.88. The van der Waals surface area contributed by atoms with Crippen molar-refractivity contribution < 1.29 is 19.4 Å². The van der Waals surface area contributed by atoms with Gasteiger partial charge in [-0.1, -0.05) is 12.1 Å². The number of methoxy groups -OCH3 is 1. The predicted molar refractivity (Wildman–Crippen MR) is 57.0 cm³/mol. The molecule has 0 aromatic heterocycles. The van der Waals surface area contributed by atoms with Gasteiger partial charge in [-0.2, -0.15) is 0 Å². The molecule has 16 heavy (non-hydrogen) atoms. The molecule has 0 bridgehead atoms. The monoisotopic (exact) mass is 223 g/mol. The van der Waals surface area contributed by atoms with E-state index < -0.39 is 18.0 Å². The SMILES string of the molecule is COC(=O)C[C@H](N)c1ccc(C(=O)O)cc1. The van der Waals surface area contributed by atoms with Crippen LogP contribution < -0.4 is 5.73 Å². The smallest absolute Gasteiger partial charge is 0.335 e. The summed E-state index contributed by atoms with van der Waals surface area (Å²) >= 11 is 0. The summed E-state index contributed by atoms with van der Waals surface area (Å²) in [6.45, 7) is 0. The molecule has 0 aliphatic heterocycles. The number of carboxylic acids is 1. The van der Waals surface area contributed by atoms with Crippen LogP contribution in [-0.2, 0) is 9.53 Å². The molecular weight excluding hydrogens is 210 g/mol. The summed E-state index contributed by atoms with van der Waals surface area (Å²) in [6.07, 6.45) is 0.0723. The highest BCUT2D eigenvalue weighted by atomic mass is 16.5. The van der Waals surface area contributed by atoms with Crippen LogP contribution in [-0.4, -0.2) is 24.2 Å². The van der Waals surface area contributed by atoms with Gasteiger partial charge in [-0.25, -0.2) is 4.79 Å². The predicted octanol–water partition coefficient (Wildman–Crippen LogP) is 0.948. The molecular formula is C11H13NO4. The first-order valence-corrected chi connectivity index (χ1v) is 4.70. The van der Waals surface area contributed by atoms with E-state index >= 15 is 0 Å². The highest BCUT2D eigenvalue weighted by Crippen LogP contribution is 2.15. The van der Waals surface area contributed by atoms with Crippen molar-refractivity contribution >= 4 is 11.9 Å². The summed E-state index contributed by atoms with van der Waals surface area (Å²) in [6, 6.07) is 5.62. The minimum Gasteiger partial charge on any atom is -0.478 e. The van der Waals surface area contributed by atoms with Gasteiger partial charge in [0, 0.05) is 6.04 Å². The fourth-order valence-electron chi connectivity index (χ4n) is 1.25. The maximum atomic E-state index is 11.0. The maximum Gasteiger partial charge on any atom is 0.335 e. The molecule has 0 spiro atoms. The first kappa shape index (κ1) is 12.2. The number of aromatic carboxylic acids is 1. The fourth-order valence-corrected chi connectivity index (χ4v) is 1.25. The third-order valence-electron chi connectivity index (χ3n) is 2.20. The van der Waals surface area contributed by atoms with Crippen molar-refractivity contribution in [3.8, 4) is 0 Å². The second-order valence-electron chi connectivity index (χ2n) is 3.31. The van der Waals surface area contributed by atoms with E-state index in [0.717, 1.165) is 0 Å². The van der Waals surface area contributed by atoms with Crippen LogP contribution in [0.3, 0.4) is 0 Å². The lowest BCUT2D eigenvalue weighted by atomic mass is 10.0. The average molecular weight is 223 g/mol. The van der Waals surface area contributed by atoms with Gasteiger partial charge in [0.05, 0.1) is 19.1 Å². The maximum absolute atomic E-state index is 11.0. The molecule has 0 aliphatic carbocycles. The Kier molecular flexibility index (Phi) is 4.02. The third-order valence-corrected chi connectivity index (χ3v) is 2.20. The minimum absolute atomic E-state index is 0.0723. The lowest BCUT2D eigenvalue weighted by Crippen LogP contribution is -2.16. The summed E-state index contributed by atoms with van der Waals surface area (Å²) < 4.78 is 4.49. The van der Waals surface area contributed by atoms with Crippen molar-refractivity contribution in [1.29, 1.82) is 0 Å². The lowest BCUT2D eigenvalue weighted by molar-refractivity contribution is -0.141. The Morgan fingerprint density at radius 1 is 1.38 bits per heavy atom. The van der Waals surface area contributed by atoms with E-state index in [-0.39, 0.29) is 12.0 Å². The highest BCUT2D eigenvalue weighted by Gasteiger charge is 2.12. The number of nitrogens with two attached hydrogens (primary N) is 1. The van der Waals surface area contributed by atoms with Crippen LogP contribution in [0, 0.1) is 0 Å². The summed E-state index contributed by atoms with van der Waals surface area (Å²) in [5, 5.41) is 8.69. The Bertz CT molecular complexity index is 385. The van der Waals surface area contributed by atoms with Crippen molar-refractivity contribution in [2.24, 2.45) is 5.73 Å². The molecule has 0 unspecified atom stereocenters. The molecule has 1 aromatic carbocycles. The molecule has 5 heteroatoms. The van der Waals surface area contributed by atoms with E-state index in [2.05, 4.69) is 4.74 Å². The number of rotatable bonds is 4. The van der Waals surface area contributed by atoms with Crippen LogP contribution in [0.15, 0.2) is 24.3 Å². The highest BCUT2D eigenvalue weighted by molar-refractivity contribution is 5.87. The van der Waals surface area contributed by atoms with E-state index in [1.807, 2.05) is 0 Å². The lowest BCUT2D eigenvalue weighted by Gasteiger charge is -2.10. The first-order chi connectivity index (χ1) is 7.54. The van der Waals surface area contributed by atoms with Gasteiger partial charge in [-0.05, 0) is 17.7 Å². The molecule has 1 rings (SSSR count). The Balaban J connectivity index is 2.73. The van der Waals surface area contributed by atoms with E-state index in [4.69, 9.17) is 10.8 Å². The normalized spacial score (nSPS) is 11.9. The van der Waals surface area contributed by atoms with Crippen LogP contribution in [0.1, 0.15) is 28.4 Å². The Morgan fingerprint density at radius 3 is 2.38 bits per heavy atom. The quantitative estimate of drug-likeness (QED) is 0.741. The second kappa shape index (κ2) is 5.27. The molecule has 0 fully saturated rings. The number of hydrogen-bond acceptors (Lipinski definition) is 4. The van der Waals surface area contributed by atoms with E-state index in [9.17, 15) is 9.59 Å². The zero-order valence-electron chi connectivity index (χ0n) is 8.84. The van der Waals surface area contributed by atoms with Gasteiger partial charge in [-0.3, -0.25) is 4.79 Å². The van der Waals surface area contributed by atoms with Crippen molar-refractivity contribution in [3.63, 3.8) is 0 Å². The number of carbonyl (C=O) groups excluding carboxylic acids is 1. The second-order valence-corrected chi connectivity index (χ2v) is 3.31. The molecule has 86 valence electrons. The van der Waals surface area contributed by atoms with Crippen LogP contribution in [0.4, 0.5) is 0 Å². The molecule has 3 N–H and O–H groups in total. The molecule has 1 atom stereocenters. The van der Waals surface area contributed by atoms with Gasteiger partial charge >= 0.3 is 11.9 Å². The number of carboxylic acid groups (broad SMARTS) is 1. The largest absolute Gasteiger partial charge is 0.478 e. The number of benzene rings is 1. The zero-order valence-corrected chi connectivity index (χ0v) is 8.84. The molecule has 0 saturated heterocycles. The van der Waals surface area contributed by atoms with Crippen LogP contribution in [0.25, 0.3) is 0 Å². The van der Waals surface area contributed by atoms with Crippen molar-refractivity contribution in [1.82, 2.24) is 0 Å². The minimum atomic E-state index is -0.993. The molecule has 0 heterocycles. The van der Waals surface area contributed by atoms with Crippen LogP contribution in [0.5, 0.6) is 0 Å². The van der Waals surface area contributed by atoms with Gasteiger partial charge in [0.25, 0.3) is 0 Å². The Morgan fingerprint density at radius 2 is 1.94 bits per heavy atom. The van der Waals surface area contributed by atoms with Gasteiger partial charge in [0.15, 0.2) is 0 Å². The van der Waals surface area contributed by atoms with Crippen LogP contribution in [0.2, 0.25) is 0 Å². The first-order valence-electron chi connectivity index (χ1n) is 4.70. The van der Waals surface area contributed by atoms with Gasteiger partial charge in [0.2, 0.25) is 0 Å². The molecule has 0 amide bonds. The average Bonchev–Trinajstić information content (AvgIpc) is 2.28. The van der Waals surface area contributed by atoms with E-state index in [1.54, 1.807) is 12.1 Å². The molecule has 5 nitrogen and oxygen atoms in total. The standard InChI is InChI=1S/C11H13NO4/c1-16-10(13)6-9(12)7-2-4-8(5-3-7)11(14)15/h2-5,9H,6,12H2,1H3,(H,14,15)/t9-/m0/s1. The van der Waals surface area contributed by atoms with Gasteiger partial charge in [-0.15, -0.1) is 0 Å². The van der Waals surface area contributed by atoms with Crippen molar-refractivity contribution in [2.45, 2.75) is 12.5 Å². The van der Waals surface area contributed by atoms with Gasteiger partial charge in [0.1, 0.15) is 0 Å². The fraction of sp³-hybridized carbons (Fsp3) is 0.273. The summed E-state index contributed by atoms with van der Waals surface area (Å²) in [7, 11) is 1.29. The topological polar surface area (TPSA) is 89.6 Å². The molecule has 1 aromatic rings. The third kappa shape index (κ3) is 3.06. The Labute approximate surface area is 92.8 Å². The summed E-state index contributed by atoms with van der Waals surface area (Å²) in [5.74, 6) is -1.39. The number of carbonyl (C=O) groups is 2.